The molecule has 1 saturated heterocycles. The van der Waals surface area contributed by atoms with Gasteiger partial charge in [-0.15, -0.1) is 0 Å². The normalized spacial score (nSPS) is 24.5. The van der Waals surface area contributed by atoms with Crippen LogP contribution in [0.25, 0.3) is 0 Å². The molecule has 0 spiro atoms. The molecule has 2 heteroatoms. The summed E-state index contributed by atoms with van der Waals surface area (Å²) >= 11 is 0. The van der Waals surface area contributed by atoms with Crippen LogP contribution in [0.2, 0.25) is 0 Å². The lowest BCUT2D eigenvalue weighted by Gasteiger charge is -2.42. The van der Waals surface area contributed by atoms with Gasteiger partial charge in [-0.25, -0.2) is 0 Å². The lowest BCUT2D eigenvalue weighted by Crippen LogP contribution is -2.54. The van der Waals surface area contributed by atoms with Gasteiger partial charge in [-0.3, -0.25) is 4.90 Å². The predicted octanol–water partition coefficient (Wildman–Crippen LogP) is 3.70. The minimum Gasteiger partial charge on any atom is -0.307 e. The Morgan fingerprint density at radius 2 is 1.80 bits per heavy atom. The summed E-state index contributed by atoms with van der Waals surface area (Å²) in [7, 11) is 0. The topological polar surface area (TPSA) is 15.3 Å². The molecule has 0 aliphatic carbocycles. The van der Waals surface area contributed by atoms with Crippen LogP contribution in [0.5, 0.6) is 0 Å². The molecule has 0 amide bonds. The fourth-order valence-corrected chi connectivity index (χ4v) is 3.23. The maximum Gasteiger partial charge on any atom is 0.0449 e. The van der Waals surface area contributed by atoms with Gasteiger partial charge in [-0.1, -0.05) is 58.0 Å². The summed E-state index contributed by atoms with van der Waals surface area (Å²) in [6.07, 6.45) is 1.29. The molecule has 1 aliphatic rings. The summed E-state index contributed by atoms with van der Waals surface area (Å²) in [5, 5.41) is 3.75. The SMILES string of the molecule is CC(C)CC1CNC(c2ccccc2)CN1CC(C)C. The Hall–Kier alpha value is -0.860. The second kappa shape index (κ2) is 7.24. The molecular weight excluding hydrogens is 244 g/mol. The van der Waals surface area contributed by atoms with E-state index < -0.39 is 0 Å². The summed E-state index contributed by atoms with van der Waals surface area (Å²) < 4.78 is 0. The molecule has 1 N–H and O–H groups in total. The minimum absolute atomic E-state index is 0.485. The molecule has 0 saturated carbocycles. The standard InChI is InChI=1S/C18H30N2/c1-14(2)10-17-11-19-18(13-20(17)12-15(3)4)16-8-6-5-7-9-16/h5-9,14-15,17-19H,10-13H2,1-4H3. The first kappa shape index (κ1) is 15.5. The Morgan fingerprint density at radius 1 is 1.10 bits per heavy atom. The second-order valence-corrected chi connectivity index (χ2v) is 7.00. The van der Waals surface area contributed by atoms with Crippen LogP contribution < -0.4 is 5.32 Å². The number of piperazine rings is 1. The average molecular weight is 274 g/mol. The molecule has 1 heterocycles. The summed E-state index contributed by atoms with van der Waals surface area (Å²) in [6, 6.07) is 12.0. The van der Waals surface area contributed by atoms with Gasteiger partial charge in [0.15, 0.2) is 0 Å². The Kier molecular flexibility index (Phi) is 5.62. The van der Waals surface area contributed by atoms with E-state index in [1.807, 2.05) is 0 Å². The highest BCUT2D eigenvalue weighted by Crippen LogP contribution is 2.23. The van der Waals surface area contributed by atoms with E-state index in [9.17, 15) is 0 Å². The molecule has 2 nitrogen and oxygen atoms in total. The Bertz CT molecular complexity index is 386. The number of hydrogen-bond donors (Lipinski definition) is 1. The van der Waals surface area contributed by atoms with Gasteiger partial charge >= 0.3 is 0 Å². The first-order valence-corrected chi connectivity index (χ1v) is 8.08. The van der Waals surface area contributed by atoms with Gasteiger partial charge in [0.2, 0.25) is 0 Å². The van der Waals surface area contributed by atoms with Crippen LogP contribution in [-0.4, -0.2) is 30.6 Å². The Balaban J connectivity index is 2.04. The van der Waals surface area contributed by atoms with Gasteiger partial charge in [-0.2, -0.15) is 0 Å². The van der Waals surface area contributed by atoms with Crippen molar-refractivity contribution in [2.24, 2.45) is 11.8 Å². The van der Waals surface area contributed by atoms with Crippen molar-refractivity contribution < 1.29 is 0 Å². The highest BCUT2D eigenvalue weighted by molar-refractivity contribution is 5.20. The Morgan fingerprint density at radius 3 is 2.40 bits per heavy atom. The van der Waals surface area contributed by atoms with Gasteiger partial charge in [0.25, 0.3) is 0 Å². The van der Waals surface area contributed by atoms with Crippen molar-refractivity contribution in [3.05, 3.63) is 35.9 Å². The predicted molar refractivity (Wildman–Crippen MR) is 86.8 cm³/mol. The highest BCUT2D eigenvalue weighted by Gasteiger charge is 2.29. The van der Waals surface area contributed by atoms with E-state index >= 15 is 0 Å². The van der Waals surface area contributed by atoms with Crippen molar-refractivity contribution in [1.29, 1.82) is 0 Å². The third-order valence-electron chi connectivity index (χ3n) is 4.08. The third kappa shape index (κ3) is 4.32. The number of nitrogens with zero attached hydrogens (tertiary/aromatic N) is 1. The van der Waals surface area contributed by atoms with Crippen molar-refractivity contribution in [2.45, 2.75) is 46.2 Å². The number of benzene rings is 1. The van der Waals surface area contributed by atoms with E-state index in [2.05, 4.69) is 68.2 Å². The zero-order chi connectivity index (χ0) is 14.5. The number of nitrogens with one attached hydrogen (secondary N) is 1. The molecule has 0 radical (unpaired) electrons. The summed E-state index contributed by atoms with van der Waals surface area (Å²) in [6.45, 7) is 12.8. The van der Waals surface area contributed by atoms with Crippen LogP contribution in [-0.2, 0) is 0 Å². The molecule has 2 atom stereocenters. The van der Waals surface area contributed by atoms with Crippen LogP contribution in [0.15, 0.2) is 30.3 Å². The maximum absolute atomic E-state index is 3.75. The van der Waals surface area contributed by atoms with Crippen LogP contribution >= 0.6 is 0 Å². The van der Waals surface area contributed by atoms with Gasteiger partial charge in [0.1, 0.15) is 0 Å². The van der Waals surface area contributed by atoms with Crippen molar-refractivity contribution in [2.75, 3.05) is 19.6 Å². The van der Waals surface area contributed by atoms with Gasteiger partial charge < -0.3 is 5.32 Å². The molecule has 1 fully saturated rings. The first-order valence-electron chi connectivity index (χ1n) is 8.08. The Labute approximate surface area is 124 Å². The summed E-state index contributed by atoms with van der Waals surface area (Å²) in [5.41, 5.74) is 1.42. The molecule has 20 heavy (non-hydrogen) atoms. The van der Waals surface area contributed by atoms with Crippen LogP contribution in [0.1, 0.15) is 45.7 Å². The van der Waals surface area contributed by atoms with E-state index in [1.54, 1.807) is 0 Å². The summed E-state index contributed by atoms with van der Waals surface area (Å²) in [4.78, 5) is 2.71. The zero-order valence-corrected chi connectivity index (χ0v) is 13.5. The smallest absolute Gasteiger partial charge is 0.0449 e. The molecule has 1 aromatic rings. The van der Waals surface area contributed by atoms with Crippen LogP contribution in [0.4, 0.5) is 0 Å². The molecule has 112 valence electrons. The third-order valence-corrected chi connectivity index (χ3v) is 4.08. The number of rotatable bonds is 5. The van der Waals surface area contributed by atoms with Crippen molar-refractivity contribution in [1.82, 2.24) is 10.2 Å². The van der Waals surface area contributed by atoms with E-state index in [4.69, 9.17) is 0 Å². The number of hydrogen-bond acceptors (Lipinski definition) is 2. The molecule has 1 aliphatic heterocycles. The lowest BCUT2D eigenvalue weighted by atomic mass is 9.95. The first-order chi connectivity index (χ1) is 9.56. The fraction of sp³-hybridized carbons (Fsp3) is 0.667. The fourth-order valence-electron chi connectivity index (χ4n) is 3.23. The average Bonchev–Trinajstić information content (AvgIpc) is 2.40. The molecule has 2 rings (SSSR count). The molecule has 2 unspecified atom stereocenters. The molecule has 1 aromatic carbocycles. The second-order valence-electron chi connectivity index (χ2n) is 7.00. The van der Waals surface area contributed by atoms with E-state index in [1.165, 1.54) is 18.5 Å². The van der Waals surface area contributed by atoms with Crippen molar-refractivity contribution in [3.63, 3.8) is 0 Å². The van der Waals surface area contributed by atoms with Crippen molar-refractivity contribution >= 4 is 0 Å². The minimum atomic E-state index is 0.485. The molecule has 0 bridgehead atoms. The molecule has 0 aromatic heterocycles. The monoisotopic (exact) mass is 274 g/mol. The largest absolute Gasteiger partial charge is 0.307 e. The van der Waals surface area contributed by atoms with Crippen molar-refractivity contribution in [3.8, 4) is 0 Å². The summed E-state index contributed by atoms with van der Waals surface area (Å²) in [5.74, 6) is 1.50. The van der Waals surface area contributed by atoms with E-state index in [-0.39, 0.29) is 0 Å². The van der Waals surface area contributed by atoms with Gasteiger partial charge in [0.05, 0.1) is 0 Å². The zero-order valence-electron chi connectivity index (χ0n) is 13.5. The molecular formula is C18H30N2. The quantitative estimate of drug-likeness (QED) is 0.880. The van der Waals surface area contributed by atoms with E-state index in [0.717, 1.165) is 24.9 Å². The van der Waals surface area contributed by atoms with Gasteiger partial charge in [0, 0.05) is 31.7 Å². The highest BCUT2D eigenvalue weighted by atomic mass is 15.2. The van der Waals surface area contributed by atoms with E-state index in [0.29, 0.717) is 12.1 Å². The van der Waals surface area contributed by atoms with Crippen LogP contribution in [0, 0.1) is 11.8 Å². The van der Waals surface area contributed by atoms with Crippen LogP contribution in [0.3, 0.4) is 0 Å². The lowest BCUT2D eigenvalue weighted by molar-refractivity contribution is 0.101. The maximum atomic E-state index is 3.75. The van der Waals surface area contributed by atoms with Gasteiger partial charge in [-0.05, 0) is 23.8 Å².